The summed E-state index contributed by atoms with van der Waals surface area (Å²) < 4.78 is 6.03. The van der Waals surface area contributed by atoms with Crippen molar-refractivity contribution in [3.8, 4) is 5.75 Å². The van der Waals surface area contributed by atoms with Gasteiger partial charge < -0.3 is 14.6 Å². The molecule has 3 nitrogen and oxygen atoms in total. The van der Waals surface area contributed by atoms with Crippen LogP contribution in [0.25, 0.3) is 10.9 Å². The Kier molecular flexibility index (Phi) is 5.45. The van der Waals surface area contributed by atoms with Gasteiger partial charge in [-0.1, -0.05) is 54.6 Å². The van der Waals surface area contributed by atoms with E-state index in [1.54, 1.807) is 0 Å². The van der Waals surface area contributed by atoms with Gasteiger partial charge in [0, 0.05) is 23.6 Å². The third-order valence-electron chi connectivity index (χ3n) is 4.97. The Bertz CT molecular complexity index is 1050. The average molecular weight is 370 g/mol. The quantitative estimate of drug-likeness (QED) is 0.472. The summed E-state index contributed by atoms with van der Waals surface area (Å²) in [7, 11) is 4.22. The van der Waals surface area contributed by atoms with Crippen molar-refractivity contribution in [2.75, 3.05) is 14.1 Å². The fourth-order valence-corrected chi connectivity index (χ4v) is 3.56. The maximum atomic E-state index is 6.03. The molecule has 4 rings (SSSR count). The maximum absolute atomic E-state index is 6.03. The van der Waals surface area contributed by atoms with Crippen LogP contribution < -0.4 is 4.74 Å². The van der Waals surface area contributed by atoms with Crippen LogP contribution in [0.1, 0.15) is 22.3 Å². The summed E-state index contributed by atoms with van der Waals surface area (Å²) in [6, 6.07) is 25.3. The molecule has 1 N–H and O–H groups in total. The zero-order valence-electron chi connectivity index (χ0n) is 16.5. The molecule has 0 amide bonds. The Labute approximate surface area is 166 Å². The lowest BCUT2D eigenvalue weighted by atomic mass is 9.99. The SMILES string of the molecule is CN(C)Cc1ccccc1Cc1c[nH]c2ccc(OCc3ccccc3)cc12. The Balaban J connectivity index is 1.57. The molecule has 3 aromatic carbocycles. The number of rotatable bonds is 7. The molecule has 0 radical (unpaired) electrons. The molecule has 0 saturated carbocycles. The predicted octanol–water partition coefficient (Wildman–Crippen LogP) is 5.40. The van der Waals surface area contributed by atoms with E-state index in [1.807, 2.05) is 24.3 Å². The smallest absolute Gasteiger partial charge is 0.120 e. The lowest BCUT2D eigenvalue weighted by Crippen LogP contribution is -2.12. The Morgan fingerprint density at radius 1 is 0.821 bits per heavy atom. The molecular formula is C25H26N2O. The van der Waals surface area contributed by atoms with Crippen molar-refractivity contribution in [3.05, 3.63) is 101 Å². The normalized spacial score (nSPS) is 11.2. The van der Waals surface area contributed by atoms with Gasteiger partial charge in [0.15, 0.2) is 0 Å². The molecule has 142 valence electrons. The molecule has 0 saturated heterocycles. The van der Waals surface area contributed by atoms with E-state index in [0.29, 0.717) is 6.61 Å². The van der Waals surface area contributed by atoms with Crippen molar-refractivity contribution in [2.24, 2.45) is 0 Å². The number of H-pyrrole nitrogens is 1. The Morgan fingerprint density at radius 3 is 2.36 bits per heavy atom. The van der Waals surface area contributed by atoms with Gasteiger partial charge in [-0.25, -0.2) is 0 Å². The summed E-state index contributed by atoms with van der Waals surface area (Å²) in [5.74, 6) is 0.902. The van der Waals surface area contributed by atoms with Gasteiger partial charge in [-0.05, 0) is 61.0 Å². The number of fused-ring (bicyclic) bond motifs is 1. The second-order valence-corrected chi connectivity index (χ2v) is 7.48. The van der Waals surface area contributed by atoms with Crippen LogP contribution in [-0.4, -0.2) is 24.0 Å². The summed E-state index contributed by atoms with van der Waals surface area (Å²) >= 11 is 0. The van der Waals surface area contributed by atoms with Crippen LogP contribution in [0, 0.1) is 0 Å². The van der Waals surface area contributed by atoms with Gasteiger partial charge in [-0.3, -0.25) is 0 Å². The van der Waals surface area contributed by atoms with Crippen LogP contribution in [0.3, 0.4) is 0 Å². The molecule has 0 aliphatic heterocycles. The zero-order chi connectivity index (χ0) is 19.3. The molecule has 0 bridgehead atoms. The van der Waals surface area contributed by atoms with Gasteiger partial charge in [-0.15, -0.1) is 0 Å². The highest BCUT2D eigenvalue weighted by atomic mass is 16.5. The van der Waals surface area contributed by atoms with Crippen molar-refractivity contribution >= 4 is 10.9 Å². The van der Waals surface area contributed by atoms with E-state index in [4.69, 9.17) is 4.74 Å². The summed E-state index contributed by atoms with van der Waals surface area (Å²) in [5, 5.41) is 1.23. The van der Waals surface area contributed by atoms with Gasteiger partial charge in [-0.2, -0.15) is 0 Å². The second kappa shape index (κ2) is 8.32. The molecule has 4 aromatic rings. The maximum Gasteiger partial charge on any atom is 0.120 e. The largest absolute Gasteiger partial charge is 0.489 e. The Hall–Kier alpha value is -3.04. The summed E-state index contributed by atoms with van der Waals surface area (Å²) in [5.41, 5.74) is 6.36. The molecule has 3 heteroatoms. The third-order valence-corrected chi connectivity index (χ3v) is 4.97. The molecular weight excluding hydrogens is 344 g/mol. The summed E-state index contributed by atoms with van der Waals surface area (Å²) in [6.07, 6.45) is 3.03. The number of nitrogens with one attached hydrogen (secondary N) is 1. The van der Waals surface area contributed by atoms with Crippen LogP contribution in [0.2, 0.25) is 0 Å². The van der Waals surface area contributed by atoms with Crippen LogP contribution in [-0.2, 0) is 19.6 Å². The standard InChI is InChI=1S/C25H26N2O/c1-27(2)17-21-11-7-6-10-20(21)14-22-16-26-25-13-12-23(15-24(22)25)28-18-19-8-4-3-5-9-19/h3-13,15-16,26H,14,17-18H2,1-2H3. The molecule has 28 heavy (non-hydrogen) atoms. The molecule has 0 aliphatic carbocycles. The van der Waals surface area contributed by atoms with Crippen molar-refractivity contribution in [2.45, 2.75) is 19.6 Å². The first-order chi connectivity index (χ1) is 13.7. The number of benzene rings is 3. The van der Waals surface area contributed by atoms with E-state index in [2.05, 4.69) is 78.7 Å². The van der Waals surface area contributed by atoms with Crippen LogP contribution in [0.5, 0.6) is 5.75 Å². The van der Waals surface area contributed by atoms with Crippen LogP contribution >= 0.6 is 0 Å². The highest BCUT2D eigenvalue weighted by molar-refractivity contribution is 5.85. The lowest BCUT2D eigenvalue weighted by molar-refractivity contribution is 0.306. The minimum absolute atomic E-state index is 0.581. The lowest BCUT2D eigenvalue weighted by Gasteiger charge is -2.14. The van der Waals surface area contributed by atoms with E-state index < -0.39 is 0 Å². The highest BCUT2D eigenvalue weighted by Crippen LogP contribution is 2.27. The average Bonchev–Trinajstić information content (AvgIpc) is 3.10. The minimum atomic E-state index is 0.581. The van der Waals surface area contributed by atoms with Crippen molar-refractivity contribution in [1.29, 1.82) is 0 Å². The van der Waals surface area contributed by atoms with Crippen LogP contribution in [0.15, 0.2) is 79.0 Å². The van der Waals surface area contributed by atoms with Gasteiger partial charge in [0.25, 0.3) is 0 Å². The van der Waals surface area contributed by atoms with E-state index in [1.165, 1.54) is 27.6 Å². The van der Waals surface area contributed by atoms with Gasteiger partial charge in [0.1, 0.15) is 12.4 Å². The predicted molar refractivity (Wildman–Crippen MR) is 116 cm³/mol. The number of hydrogen-bond acceptors (Lipinski definition) is 2. The molecule has 1 aromatic heterocycles. The number of hydrogen-bond donors (Lipinski definition) is 1. The van der Waals surface area contributed by atoms with Crippen LogP contribution in [0.4, 0.5) is 0 Å². The fourth-order valence-electron chi connectivity index (χ4n) is 3.56. The first-order valence-corrected chi connectivity index (χ1v) is 9.67. The second-order valence-electron chi connectivity index (χ2n) is 7.48. The molecule has 0 spiro atoms. The van der Waals surface area contributed by atoms with Crippen molar-refractivity contribution in [1.82, 2.24) is 9.88 Å². The molecule has 0 unspecified atom stereocenters. The molecule has 0 atom stereocenters. The summed E-state index contributed by atoms with van der Waals surface area (Å²) in [6.45, 7) is 1.53. The first kappa shape index (κ1) is 18.3. The number of aromatic nitrogens is 1. The minimum Gasteiger partial charge on any atom is -0.489 e. The monoisotopic (exact) mass is 370 g/mol. The highest BCUT2D eigenvalue weighted by Gasteiger charge is 2.09. The van der Waals surface area contributed by atoms with E-state index >= 15 is 0 Å². The van der Waals surface area contributed by atoms with E-state index in [0.717, 1.165) is 24.2 Å². The van der Waals surface area contributed by atoms with Crippen molar-refractivity contribution < 1.29 is 4.74 Å². The summed E-state index contributed by atoms with van der Waals surface area (Å²) in [4.78, 5) is 5.62. The molecule has 1 heterocycles. The Morgan fingerprint density at radius 2 is 1.57 bits per heavy atom. The number of nitrogens with zero attached hydrogens (tertiary/aromatic N) is 1. The van der Waals surface area contributed by atoms with Gasteiger partial charge in [0.2, 0.25) is 0 Å². The van der Waals surface area contributed by atoms with E-state index in [9.17, 15) is 0 Å². The van der Waals surface area contributed by atoms with Gasteiger partial charge in [0.05, 0.1) is 0 Å². The van der Waals surface area contributed by atoms with Gasteiger partial charge >= 0.3 is 0 Å². The first-order valence-electron chi connectivity index (χ1n) is 9.67. The number of ether oxygens (including phenoxy) is 1. The molecule has 0 aliphatic rings. The fraction of sp³-hybridized carbons (Fsp3) is 0.200. The molecule has 0 fully saturated rings. The zero-order valence-corrected chi connectivity index (χ0v) is 16.5. The number of aromatic amines is 1. The third kappa shape index (κ3) is 4.26. The van der Waals surface area contributed by atoms with Crippen molar-refractivity contribution in [3.63, 3.8) is 0 Å². The topological polar surface area (TPSA) is 28.3 Å². The van der Waals surface area contributed by atoms with E-state index in [-0.39, 0.29) is 0 Å².